The van der Waals surface area contributed by atoms with E-state index in [1.165, 1.54) is 12.1 Å². The maximum atomic E-state index is 11.3. The smallest absolute Gasteiger partial charge is 1.00 e. The Kier molecular flexibility index (Phi) is 7.55. The standard InChI is InChI=1S/C12H10O7S.Na.H/c13-11(14)7-9(12(15)16)10(20(17,18)19)6-8-4-2-1-3-5-8;;/h1-7H,(H,13,14)(H,15,16)(H,17,18,19);;/q;+1;-1/b9-7-,10-6?;;. The van der Waals surface area contributed by atoms with Crippen LogP contribution in [-0.4, -0.2) is 35.1 Å². The van der Waals surface area contributed by atoms with Gasteiger partial charge in [0.15, 0.2) is 0 Å². The van der Waals surface area contributed by atoms with Crippen LogP contribution in [0.2, 0.25) is 0 Å². The first-order chi connectivity index (χ1) is 9.21. The van der Waals surface area contributed by atoms with Gasteiger partial charge in [0.05, 0.1) is 5.57 Å². The van der Waals surface area contributed by atoms with Gasteiger partial charge in [-0.2, -0.15) is 8.42 Å². The summed E-state index contributed by atoms with van der Waals surface area (Å²) in [5.41, 5.74) is -0.749. The molecule has 1 rings (SSSR count). The van der Waals surface area contributed by atoms with Gasteiger partial charge >= 0.3 is 41.5 Å². The third-order valence-electron chi connectivity index (χ3n) is 2.14. The van der Waals surface area contributed by atoms with Crippen LogP contribution in [0.4, 0.5) is 0 Å². The summed E-state index contributed by atoms with van der Waals surface area (Å²) in [6.45, 7) is 0. The van der Waals surface area contributed by atoms with E-state index in [1.807, 2.05) is 0 Å². The van der Waals surface area contributed by atoms with E-state index in [0.717, 1.165) is 6.08 Å². The first-order valence-electron chi connectivity index (χ1n) is 5.14. The molecule has 0 amide bonds. The van der Waals surface area contributed by atoms with Crippen LogP contribution in [0.1, 0.15) is 6.99 Å². The number of aliphatic carboxylic acids is 2. The van der Waals surface area contributed by atoms with Crippen LogP contribution >= 0.6 is 0 Å². The third kappa shape index (κ3) is 6.23. The fourth-order valence-corrected chi connectivity index (χ4v) is 2.06. The van der Waals surface area contributed by atoms with E-state index in [1.54, 1.807) is 18.2 Å². The summed E-state index contributed by atoms with van der Waals surface area (Å²) in [6, 6.07) is 7.70. The molecule has 0 heterocycles. The number of hydrogen-bond donors (Lipinski definition) is 3. The Morgan fingerprint density at radius 3 is 2.00 bits per heavy atom. The topological polar surface area (TPSA) is 129 Å². The molecule has 0 bridgehead atoms. The van der Waals surface area contributed by atoms with Crippen molar-refractivity contribution < 1.29 is 63.8 Å². The molecule has 9 heteroatoms. The Morgan fingerprint density at radius 2 is 1.62 bits per heavy atom. The van der Waals surface area contributed by atoms with Gasteiger partial charge in [-0.3, -0.25) is 4.55 Å². The van der Waals surface area contributed by atoms with Crippen LogP contribution in [0.25, 0.3) is 6.08 Å². The van der Waals surface area contributed by atoms with Crippen molar-refractivity contribution in [2.45, 2.75) is 0 Å². The van der Waals surface area contributed by atoms with Crippen molar-refractivity contribution in [2.24, 2.45) is 0 Å². The Bertz CT molecular complexity index is 695. The molecule has 0 aliphatic heterocycles. The SMILES string of the molecule is O=C(O)/C=C(\C(=O)O)C(=Cc1ccccc1)S(=O)(=O)O.[H-].[Na+]. The summed E-state index contributed by atoms with van der Waals surface area (Å²) in [4.78, 5) is 20.5. The van der Waals surface area contributed by atoms with Crippen LogP contribution in [0.15, 0.2) is 46.9 Å². The maximum Gasteiger partial charge on any atom is 1.00 e. The zero-order valence-electron chi connectivity index (χ0n) is 11.9. The summed E-state index contributed by atoms with van der Waals surface area (Å²) in [5.74, 6) is -3.43. The molecule has 0 atom stereocenters. The second-order valence-corrected chi connectivity index (χ2v) is 4.99. The van der Waals surface area contributed by atoms with Crippen molar-refractivity contribution in [3.05, 3.63) is 52.4 Å². The van der Waals surface area contributed by atoms with Crippen molar-refractivity contribution in [3.63, 3.8) is 0 Å². The predicted molar refractivity (Wildman–Crippen MR) is 70.4 cm³/mol. The second kappa shape index (κ2) is 8.11. The molecule has 0 spiro atoms. The van der Waals surface area contributed by atoms with Crippen molar-refractivity contribution in [2.75, 3.05) is 0 Å². The van der Waals surface area contributed by atoms with Crippen LogP contribution in [0.3, 0.4) is 0 Å². The second-order valence-electron chi connectivity index (χ2n) is 3.60. The van der Waals surface area contributed by atoms with Crippen LogP contribution in [0.5, 0.6) is 0 Å². The Morgan fingerprint density at radius 1 is 1.10 bits per heavy atom. The van der Waals surface area contributed by atoms with Gasteiger partial charge in [0, 0.05) is 6.08 Å². The van der Waals surface area contributed by atoms with Crippen LogP contribution < -0.4 is 29.6 Å². The van der Waals surface area contributed by atoms with E-state index in [4.69, 9.17) is 14.8 Å². The van der Waals surface area contributed by atoms with Gasteiger partial charge in [0.25, 0.3) is 10.1 Å². The molecule has 0 saturated heterocycles. The summed E-state index contributed by atoms with van der Waals surface area (Å²) in [7, 11) is -4.90. The molecule has 1 aromatic carbocycles. The van der Waals surface area contributed by atoms with Gasteiger partial charge in [-0.1, -0.05) is 30.3 Å². The van der Waals surface area contributed by atoms with Gasteiger partial charge in [-0.15, -0.1) is 0 Å². The molecule has 0 aliphatic rings. The molecule has 0 saturated carbocycles. The molecule has 3 N–H and O–H groups in total. The van der Waals surface area contributed by atoms with Crippen molar-refractivity contribution in [1.29, 1.82) is 0 Å². The summed E-state index contributed by atoms with van der Waals surface area (Å²) in [6.07, 6.45) is 1.07. The minimum Gasteiger partial charge on any atom is -1.00 e. The molecule has 1 aromatic rings. The minimum atomic E-state index is -4.90. The average molecular weight is 322 g/mol. The van der Waals surface area contributed by atoms with Gasteiger partial charge in [0.1, 0.15) is 4.91 Å². The number of rotatable bonds is 5. The van der Waals surface area contributed by atoms with E-state index in [2.05, 4.69) is 0 Å². The van der Waals surface area contributed by atoms with Crippen LogP contribution in [-0.2, 0) is 19.7 Å². The zero-order valence-corrected chi connectivity index (χ0v) is 13.7. The normalized spacial score (nSPS) is 12.4. The van der Waals surface area contributed by atoms with E-state index in [-0.39, 0.29) is 42.6 Å². The number of carboxylic acid groups (broad SMARTS) is 2. The number of carboxylic acids is 2. The van der Waals surface area contributed by atoms with Crippen LogP contribution in [0, 0.1) is 0 Å². The molecular weight excluding hydrogens is 311 g/mol. The molecule has 0 unspecified atom stereocenters. The molecular formula is C12H11NaO7S. The molecule has 21 heavy (non-hydrogen) atoms. The van der Waals surface area contributed by atoms with Gasteiger partial charge in [-0.25, -0.2) is 9.59 Å². The van der Waals surface area contributed by atoms with Gasteiger partial charge < -0.3 is 11.6 Å². The number of benzene rings is 1. The Labute approximate surface area is 144 Å². The molecule has 0 aliphatic carbocycles. The van der Waals surface area contributed by atoms with Crippen molar-refractivity contribution in [1.82, 2.24) is 0 Å². The van der Waals surface area contributed by atoms with E-state index in [0.29, 0.717) is 0 Å². The summed E-state index contributed by atoms with van der Waals surface area (Å²) < 4.78 is 31.6. The van der Waals surface area contributed by atoms with Gasteiger partial charge in [0.2, 0.25) is 0 Å². The molecule has 108 valence electrons. The number of carbonyl (C=O) groups is 2. The zero-order chi connectivity index (χ0) is 15.3. The molecule has 0 aromatic heterocycles. The third-order valence-corrected chi connectivity index (χ3v) is 3.03. The van der Waals surface area contributed by atoms with E-state index >= 15 is 0 Å². The first-order valence-corrected chi connectivity index (χ1v) is 6.58. The first kappa shape index (κ1) is 19.6. The Hall–Kier alpha value is -1.45. The van der Waals surface area contributed by atoms with Gasteiger partial charge in [-0.05, 0) is 11.6 Å². The monoisotopic (exact) mass is 322 g/mol. The average Bonchev–Trinajstić information content (AvgIpc) is 2.33. The van der Waals surface area contributed by atoms with E-state index < -0.39 is 32.5 Å². The fraction of sp³-hybridized carbons (Fsp3) is 0. The predicted octanol–water partition coefficient (Wildman–Crippen LogP) is -1.87. The Balaban J connectivity index is 0. The summed E-state index contributed by atoms with van der Waals surface area (Å²) in [5, 5.41) is 17.5. The summed E-state index contributed by atoms with van der Waals surface area (Å²) >= 11 is 0. The molecule has 0 fully saturated rings. The van der Waals surface area contributed by atoms with Crippen molar-refractivity contribution in [3.8, 4) is 0 Å². The quantitative estimate of drug-likeness (QED) is 0.251. The largest absolute Gasteiger partial charge is 1.00 e. The number of hydrogen-bond acceptors (Lipinski definition) is 4. The van der Waals surface area contributed by atoms with E-state index in [9.17, 15) is 18.0 Å². The maximum absolute atomic E-state index is 11.3. The minimum absolute atomic E-state index is 0. The molecule has 0 radical (unpaired) electrons. The molecule has 7 nitrogen and oxygen atoms in total. The fourth-order valence-electron chi connectivity index (χ4n) is 1.35. The van der Waals surface area contributed by atoms with Crippen molar-refractivity contribution >= 4 is 28.1 Å².